The molecule has 0 radical (unpaired) electrons. The van der Waals surface area contributed by atoms with Crippen LogP contribution in [0.1, 0.15) is 41.5 Å². The van der Waals surface area contributed by atoms with Crippen molar-refractivity contribution in [2.75, 3.05) is 26.2 Å². The van der Waals surface area contributed by atoms with Gasteiger partial charge in [0.2, 0.25) is 0 Å². The molecule has 0 saturated carbocycles. The second-order valence-electron chi connectivity index (χ2n) is 7.36. The van der Waals surface area contributed by atoms with Gasteiger partial charge < -0.3 is 9.13 Å². The Morgan fingerprint density at radius 1 is 0.917 bits per heavy atom. The van der Waals surface area contributed by atoms with Gasteiger partial charge in [0.15, 0.2) is 14.6 Å². The Hall–Kier alpha value is -0.140. The molecule has 2 bridgehead atoms. The topological polar surface area (TPSA) is 40.6 Å². The van der Waals surface area contributed by atoms with Crippen molar-refractivity contribution in [1.82, 2.24) is 9.34 Å². The van der Waals surface area contributed by atoms with E-state index in [9.17, 15) is 9.13 Å². The fraction of sp³-hybridized carbons (Fsp3) is 0.778. The molecule has 0 aromatic rings. The maximum Gasteiger partial charge on any atom is 0.176 e. The minimum Gasteiger partial charge on any atom is -0.305 e. The molecule has 3 aliphatic heterocycles. The highest BCUT2D eigenvalue weighted by atomic mass is 31.2. The van der Waals surface area contributed by atoms with E-state index in [1.165, 1.54) is 11.1 Å². The van der Waals surface area contributed by atoms with E-state index >= 15 is 0 Å². The molecule has 0 aromatic heterocycles. The third-order valence-corrected chi connectivity index (χ3v) is 14.7. The van der Waals surface area contributed by atoms with Gasteiger partial charge in [-0.05, 0) is 19.7 Å². The Morgan fingerprint density at radius 2 is 1.46 bits per heavy atom. The van der Waals surface area contributed by atoms with E-state index in [1.54, 1.807) is 0 Å². The lowest BCUT2D eigenvalue weighted by molar-refractivity contribution is 0.432. The summed E-state index contributed by atoms with van der Waals surface area (Å²) >= 11 is 0. The summed E-state index contributed by atoms with van der Waals surface area (Å²) < 4.78 is 32.7. The third kappa shape index (κ3) is 2.13. The van der Waals surface area contributed by atoms with Gasteiger partial charge in [0.1, 0.15) is 0 Å². The standard InChI is InChI=1S/C18H32N2O2P2/c1-7-19(8-2)23(21)12-14(6)16-17-13(5)11-15(18(16)23)24(17,22)20(9-3)10-4/h11-12,15-18H,7-10H2,1-6H3/t15-,16+,17-,18+,23+,24-/m1/s1. The molecule has 6 heteroatoms. The Labute approximate surface area is 147 Å². The normalized spacial score (nSPS) is 43.5. The molecule has 3 heterocycles. The monoisotopic (exact) mass is 370 g/mol. The zero-order chi connectivity index (χ0) is 17.9. The number of nitrogens with zero attached hydrogens (tertiary/aromatic N) is 2. The Bertz CT molecular complexity index is 677. The first-order chi connectivity index (χ1) is 11.3. The average Bonchev–Trinajstić information content (AvgIpc) is 3.05. The quantitative estimate of drug-likeness (QED) is 0.496. The number of rotatable bonds is 6. The summed E-state index contributed by atoms with van der Waals surface area (Å²) in [4.78, 5) is 0. The second-order valence-corrected chi connectivity index (χ2v) is 13.2. The smallest absolute Gasteiger partial charge is 0.176 e. The van der Waals surface area contributed by atoms with Crippen LogP contribution in [0.15, 0.2) is 23.0 Å². The molecule has 0 amide bonds. The highest BCUT2D eigenvalue weighted by Gasteiger charge is 2.69. The summed E-state index contributed by atoms with van der Waals surface area (Å²) in [5, 5.41) is 0. The third-order valence-electron chi connectivity index (χ3n) is 6.47. The number of allylic oxidation sites excluding steroid dienone is 3. The maximum absolute atomic E-state index is 14.3. The van der Waals surface area contributed by atoms with Crippen LogP contribution >= 0.6 is 14.6 Å². The van der Waals surface area contributed by atoms with Crippen molar-refractivity contribution in [2.24, 2.45) is 5.92 Å². The molecule has 1 fully saturated rings. The van der Waals surface area contributed by atoms with Gasteiger partial charge in [0.25, 0.3) is 0 Å². The van der Waals surface area contributed by atoms with Gasteiger partial charge in [-0.1, -0.05) is 44.9 Å². The lowest BCUT2D eigenvalue weighted by atomic mass is 9.85. The van der Waals surface area contributed by atoms with Crippen LogP contribution < -0.4 is 0 Å². The van der Waals surface area contributed by atoms with Crippen LogP contribution in [0.25, 0.3) is 0 Å². The summed E-state index contributed by atoms with van der Waals surface area (Å²) in [5.41, 5.74) is 2.54. The predicted octanol–water partition coefficient (Wildman–Crippen LogP) is 4.84. The molecule has 3 aliphatic rings. The molecule has 24 heavy (non-hydrogen) atoms. The van der Waals surface area contributed by atoms with Crippen LogP contribution in [0, 0.1) is 5.92 Å². The van der Waals surface area contributed by atoms with E-state index in [0.29, 0.717) is 0 Å². The first kappa shape index (κ1) is 18.6. The van der Waals surface area contributed by atoms with Crippen LogP contribution in [-0.2, 0) is 9.13 Å². The van der Waals surface area contributed by atoms with Gasteiger partial charge in [0, 0.05) is 32.1 Å². The van der Waals surface area contributed by atoms with Gasteiger partial charge in [-0.25, -0.2) is 0 Å². The fourth-order valence-electron chi connectivity index (χ4n) is 5.58. The maximum atomic E-state index is 14.3. The molecule has 1 saturated heterocycles. The Balaban J connectivity index is 2.14. The molecule has 0 unspecified atom stereocenters. The molecule has 6 atom stereocenters. The van der Waals surface area contributed by atoms with Crippen molar-refractivity contribution in [3.63, 3.8) is 0 Å². The summed E-state index contributed by atoms with van der Waals surface area (Å²) in [7, 11) is -5.18. The van der Waals surface area contributed by atoms with E-state index < -0.39 is 14.6 Å². The lowest BCUT2D eigenvalue weighted by Crippen LogP contribution is -2.33. The van der Waals surface area contributed by atoms with Crippen molar-refractivity contribution < 1.29 is 9.13 Å². The first-order valence-corrected chi connectivity index (χ1v) is 13.0. The molecule has 3 rings (SSSR count). The van der Waals surface area contributed by atoms with E-state index in [0.717, 1.165) is 26.2 Å². The van der Waals surface area contributed by atoms with Gasteiger partial charge in [-0.15, -0.1) is 0 Å². The fourth-order valence-corrected chi connectivity index (χ4v) is 15.2. The summed E-state index contributed by atoms with van der Waals surface area (Å²) in [6.45, 7) is 15.8. The zero-order valence-electron chi connectivity index (χ0n) is 15.9. The highest BCUT2D eigenvalue weighted by Crippen LogP contribution is 2.83. The summed E-state index contributed by atoms with van der Waals surface area (Å²) in [5.74, 6) is 2.27. The van der Waals surface area contributed by atoms with Crippen LogP contribution in [0.2, 0.25) is 0 Å². The number of hydrogen-bond donors (Lipinski definition) is 0. The van der Waals surface area contributed by atoms with E-state index in [4.69, 9.17) is 0 Å². The van der Waals surface area contributed by atoms with Gasteiger partial charge >= 0.3 is 0 Å². The molecular weight excluding hydrogens is 338 g/mol. The van der Waals surface area contributed by atoms with Gasteiger partial charge in [-0.3, -0.25) is 9.34 Å². The van der Waals surface area contributed by atoms with Crippen LogP contribution in [0.5, 0.6) is 0 Å². The summed E-state index contributed by atoms with van der Waals surface area (Å²) in [6, 6.07) is 0. The molecule has 0 spiro atoms. The van der Waals surface area contributed by atoms with Crippen molar-refractivity contribution in [2.45, 2.75) is 58.5 Å². The highest BCUT2D eigenvalue weighted by molar-refractivity contribution is 7.70. The van der Waals surface area contributed by atoms with Crippen molar-refractivity contribution in [1.29, 1.82) is 0 Å². The largest absolute Gasteiger partial charge is 0.305 e. The molecule has 136 valence electrons. The van der Waals surface area contributed by atoms with Crippen molar-refractivity contribution in [3.05, 3.63) is 23.0 Å². The van der Waals surface area contributed by atoms with Gasteiger partial charge in [-0.2, -0.15) is 0 Å². The lowest BCUT2D eigenvalue weighted by Gasteiger charge is -2.35. The first-order valence-electron chi connectivity index (χ1n) is 9.38. The summed E-state index contributed by atoms with van der Waals surface area (Å²) in [6.07, 6.45) is 2.22. The van der Waals surface area contributed by atoms with Crippen LogP contribution in [0.3, 0.4) is 0 Å². The van der Waals surface area contributed by atoms with Crippen molar-refractivity contribution in [3.8, 4) is 0 Å². The van der Waals surface area contributed by atoms with Crippen LogP contribution in [-0.4, -0.2) is 52.5 Å². The zero-order valence-corrected chi connectivity index (χ0v) is 17.7. The van der Waals surface area contributed by atoms with Crippen LogP contribution in [0.4, 0.5) is 0 Å². The number of hydrogen-bond acceptors (Lipinski definition) is 2. The van der Waals surface area contributed by atoms with E-state index in [1.807, 2.05) is 0 Å². The Kier molecular flexibility index (Phi) is 4.84. The predicted molar refractivity (Wildman–Crippen MR) is 103 cm³/mol. The van der Waals surface area contributed by atoms with E-state index in [2.05, 4.69) is 62.8 Å². The molecule has 4 nitrogen and oxygen atoms in total. The molecule has 0 aliphatic carbocycles. The molecular formula is C18H32N2O2P2. The second kappa shape index (κ2) is 6.23. The minimum atomic E-state index is -2.62. The van der Waals surface area contributed by atoms with Crippen molar-refractivity contribution >= 4 is 14.6 Å². The van der Waals surface area contributed by atoms with Gasteiger partial charge in [0.05, 0.1) is 17.0 Å². The SMILES string of the molecule is CCN(CC)[P@@]1(=O)[C@@H]2C=C(C)[C@@H]1[C@@H]1C(C)=C[P@@](=O)(N(CC)CC)[C@H]12. The Morgan fingerprint density at radius 3 is 1.96 bits per heavy atom. The molecule has 0 aromatic carbocycles. The number of fused-ring (bicyclic) bond motifs is 5. The average molecular weight is 370 g/mol. The van der Waals surface area contributed by atoms with E-state index in [-0.39, 0.29) is 22.9 Å². The molecule has 0 N–H and O–H groups in total. The minimum absolute atomic E-state index is 0.0255.